The van der Waals surface area contributed by atoms with Gasteiger partial charge >= 0.3 is 0 Å². The Hall–Kier alpha value is -0.390. The van der Waals surface area contributed by atoms with E-state index < -0.39 is 0 Å². The summed E-state index contributed by atoms with van der Waals surface area (Å²) >= 11 is 4.52. The number of nitrogens with zero attached hydrogens (tertiary/aromatic N) is 2. The molecule has 1 aromatic heterocycles. The van der Waals surface area contributed by atoms with Gasteiger partial charge < -0.3 is 4.90 Å². The van der Waals surface area contributed by atoms with Gasteiger partial charge in [-0.3, -0.25) is 9.78 Å². The van der Waals surface area contributed by atoms with E-state index in [0.29, 0.717) is 6.54 Å². The minimum absolute atomic E-state index is 0.120. The fourth-order valence-corrected chi connectivity index (χ4v) is 2.27. The molecule has 0 saturated carbocycles. The smallest absolute Gasteiger partial charge is 0.207 e. The van der Waals surface area contributed by atoms with Crippen LogP contribution in [0.2, 0.25) is 0 Å². The fraction of sp³-hybridized carbons (Fsp3) is 0.333. The molecule has 0 aliphatic rings. The Bertz CT molecular complexity index is 330. The lowest BCUT2D eigenvalue weighted by atomic mass is 10.5. The first-order valence-electron chi connectivity index (χ1n) is 4.04. The van der Waals surface area contributed by atoms with Crippen molar-refractivity contribution in [3.63, 3.8) is 0 Å². The lowest BCUT2D eigenvalue weighted by Gasteiger charge is -2.07. The summed E-state index contributed by atoms with van der Waals surface area (Å²) < 4.78 is 0.889. The van der Waals surface area contributed by atoms with Crippen LogP contribution >= 0.6 is 27.7 Å². The van der Waals surface area contributed by atoms with Crippen LogP contribution in [0.3, 0.4) is 0 Å². The second-order valence-electron chi connectivity index (χ2n) is 3.05. The number of hydrogen-bond acceptors (Lipinski definition) is 4. The number of likely N-dealkylation sites (N-methyl/N-ethyl adjacent to an activating group) is 1. The first-order valence-corrected chi connectivity index (χ1v) is 5.65. The molecule has 0 N–H and O–H groups in total. The molecule has 0 aliphatic heterocycles. The zero-order valence-corrected chi connectivity index (χ0v) is 10.4. The maximum atomic E-state index is 11.4. The summed E-state index contributed by atoms with van der Waals surface area (Å²) in [5, 5.41) is 0.120. The monoisotopic (exact) mass is 274 g/mol. The molecule has 0 radical (unpaired) electrons. The lowest BCUT2D eigenvalue weighted by molar-refractivity contribution is -0.111. The van der Waals surface area contributed by atoms with Crippen molar-refractivity contribution in [1.29, 1.82) is 0 Å². The van der Waals surface area contributed by atoms with Crippen LogP contribution in [0.1, 0.15) is 0 Å². The number of carbonyl (C=O) groups is 1. The Kier molecular flexibility index (Phi) is 4.57. The third-order valence-corrected chi connectivity index (χ3v) is 2.61. The Labute approximate surface area is 96.0 Å². The zero-order valence-electron chi connectivity index (χ0n) is 8.03. The molecule has 0 aliphatic carbocycles. The summed E-state index contributed by atoms with van der Waals surface area (Å²) in [7, 11) is 3.75. The maximum Gasteiger partial charge on any atom is 0.207 e. The van der Waals surface area contributed by atoms with E-state index in [0.717, 1.165) is 9.37 Å². The first-order chi connectivity index (χ1) is 6.58. The average Bonchev–Trinajstić information content (AvgIpc) is 2.01. The first kappa shape index (κ1) is 11.7. The van der Waals surface area contributed by atoms with Gasteiger partial charge in [0.05, 0.1) is 6.54 Å². The summed E-state index contributed by atoms with van der Waals surface area (Å²) in [6, 6.07) is 1.88. The Morgan fingerprint density at radius 3 is 2.86 bits per heavy atom. The Morgan fingerprint density at radius 1 is 1.57 bits per heavy atom. The Morgan fingerprint density at radius 2 is 2.29 bits per heavy atom. The second-order valence-corrected chi connectivity index (χ2v) is 5.10. The van der Waals surface area contributed by atoms with Crippen LogP contribution in [-0.4, -0.2) is 35.6 Å². The van der Waals surface area contributed by atoms with Gasteiger partial charge in [0.1, 0.15) is 0 Å². The lowest BCUT2D eigenvalue weighted by Crippen LogP contribution is -2.19. The molecular formula is C9H11BrN2OS. The normalized spacial score (nSPS) is 10.6. The zero-order chi connectivity index (χ0) is 10.6. The number of thioether (sulfide) groups is 1. The van der Waals surface area contributed by atoms with E-state index in [2.05, 4.69) is 20.9 Å². The molecule has 3 nitrogen and oxygen atoms in total. The molecule has 14 heavy (non-hydrogen) atoms. The van der Waals surface area contributed by atoms with Gasteiger partial charge in [-0.1, -0.05) is 0 Å². The highest BCUT2D eigenvalue weighted by atomic mass is 79.9. The quantitative estimate of drug-likeness (QED) is 0.790. The highest BCUT2D eigenvalue weighted by molar-refractivity contribution is 9.10. The van der Waals surface area contributed by atoms with E-state index in [1.165, 1.54) is 11.8 Å². The maximum absolute atomic E-state index is 11.4. The van der Waals surface area contributed by atoms with Crippen molar-refractivity contribution in [3.8, 4) is 0 Å². The van der Waals surface area contributed by atoms with Crippen molar-refractivity contribution in [1.82, 2.24) is 9.88 Å². The van der Waals surface area contributed by atoms with Gasteiger partial charge in [0.15, 0.2) is 0 Å². The van der Waals surface area contributed by atoms with Crippen LogP contribution in [0, 0.1) is 0 Å². The fourth-order valence-electron chi connectivity index (χ4n) is 0.870. The van der Waals surface area contributed by atoms with Gasteiger partial charge in [0, 0.05) is 21.8 Å². The van der Waals surface area contributed by atoms with Gasteiger partial charge in [0.25, 0.3) is 0 Å². The topological polar surface area (TPSA) is 33.2 Å². The summed E-state index contributed by atoms with van der Waals surface area (Å²) in [6.45, 7) is 0.442. The molecule has 76 valence electrons. The van der Waals surface area contributed by atoms with Gasteiger partial charge in [-0.05, 0) is 47.9 Å². The number of pyridine rings is 1. The molecule has 0 fully saturated rings. The molecule has 0 bridgehead atoms. The molecule has 0 unspecified atom stereocenters. The highest BCUT2D eigenvalue weighted by Crippen LogP contribution is 2.21. The molecular weight excluding hydrogens is 264 g/mol. The molecule has 0 spiro atoms. The summed E-state index contributed by atoms with van der Waals surface area (Å²) in [4.78, 5) is 18.1. The number of hydrogen-bond donors (Lipinski definition) is 0. The largest absolute Gasteiger partial charge is 0.302 e. The highest BCUT2D eigenvalue weighted by Gasteiger charge is 2.06. The molecule has 0 atom stereocenters. The second kappa shape index (κ2) is 5.48. The van der Waals surface area contributed by atoms with Crippen LogP contribution in [0.4, 0.5) is 0 Å². The number of carbonyl (C=O) groups excluding carboxylic acids is 1. The van der Waals surface area contributed by atoms with Gasteiger partial charge in [-0.2, -0.15) is 0 Å². The van der Waals surface area contributed by atoms with E-state index in [9.17, 15) is 4.79 Å². The predicted octanol–water partition coefficient (Wildman–Crippen LogP) is 2.02. The number of halogens is 1. The molecule has 0 aromatic carbocycles. The number of aromatic nitrogens is 1. The van der Waals surface area contributed by atoms with Crippen molar-refractivity contribution in [2.75, 3.05) is 20.6 Å². The van der Waals surface area contributed by atoms with Crippen LogP contribution < -0.4 is 0 Å². The van der Waals surface area contributed by atoms with Crippen LogP contribution in [0.15, 0.2) is 27.8 Å². The van der Waals surface area contributed by atoms with Gasteiger partial charge in [-0.25, -0.2) is 0 Å². The van der Waals surface area contributed by atoms with Crippen LogP contribution in [0.5, 0.6) is 0 Å². The number of rotatable bonds is 3. The van der Waals surface area contributed by atoms with E-state index in [1.54, 1.807) is 12.4 Å². The predicted molar refractivity (Wildman–Crippen MR) is 61.4 cm³/mol. The van der Waals surface area contributed by atoms with Gasteiger partial charge in [0.2, 0.25) is 5.12 Å². The molecule has 1 aromatic rings. The molecule has 0 saturated heterocycles. The van der Waals surface area contributed by atoms with Crippen molar-refractivity contribution in [2.24, 2.45) is 0 Å². The molecule has 0 amide bonds. The molecule has 1 rings (SSSR count). The standard InChI is InChI=1S/C9H11BrN2OS/c1-12(2)6-9(13)14-8-3-7(10)4-11-5-8/h3-5H,6H2,1-2H3. The van der Waals surface area contributed by atoms with Crippen molar-refractivity contribution in [3.05, 3.63) is 22.9 Å². The molecule has 1 heterocycles. The minimum Gasteiger partial charge on any atom is -0.302 e. The van der Waals surface area contributed by atoms with Gasteiger partial charge in [-0.15, -0.1) is 0 Å². The average molecular weight is 275 g/mol. The van der Waals surface area contributed by atoms with E-state index in [4.69, 9.17) is 0 Å². The summed E-state index contributed by atoms with van der Waals surface area (Å²) in [5.74, 6) is 0. The SMILES string of the molecule is CN(C)CC(=O)Sc1cncc(Br)c1. The molecule has 5 heteroatoms. The van der Waals surface area contributed by atoms with Crippen LogP contribution in [-0.2, 0) is 4.79 Å². The van der Waals surface area contributed by atoms with E-state index in [1.807, 2.05) is 25.1 Å². The minimum atomic E-state index is 0.120. The van der Waals surface area contributed by atoms with Crippen LogP contribution in [0.25, 0.3) is 0 Å². The van der Waals surface area contributed by atoms with Crippen molar-refractivity contribution >= 4 is 32.8 Å². The van der Waals surface area contributed by atoms with Crippen molar-refractivity contribution < 1.29 is 4.79 Å². The summed E-state index contributed by atoms with van der Waals surface area (Å²) in [5.41, 5.74) is 0. The third kappa shape index (κ3) is 4.21. The Balaban J connectivity index is 2.56. The van der Waals surface area contributed by atoms with E-state index >= 15 is 0 Å². The van der Waals surface area contributed by atoms with Crippen molar-refractivity contribution in [2.45, 2.75) is 4.90 Å². The summed E-state index contributed by atoms with van der Waals surface area (Å²) in [6.07, 6.45) is 3.38. The van der Waals surface area contributed by atoms with E-state index in [-0.39, 0.29) is 5.12 Å². The third-order valence-electron chi connectivity index (χ3n) is 1.36.